The van der Waals surface area contributed by atoms with Gasteiger partial charge in [-0.25, -0.2) is 4.79 Å². The number of nitrogens with zero attached hydrogens (tertiary/aromatic N) is 2. The molecule has 0 radical (unpaired) electrons. The minimum Gasteiger partial charge on any atom is -0.444 e. The lowest BCUT2D eigenvalue weighted by molar-refractivity contribution is -0.112. The van der Waals surface area contributed by atoms with Crippen LogP contribution in [0.4, 0.5) is 4.79 Å². The van der Waals surface area contributed by atoms with Crippen molar-refractivity contribution in [2.24, 2.45) is 11.8 Å². The minimum absolute atomic E-state index is 0.194. The summed E-state index contributed by atoms with van der Waals surface area (Å²) in [5, 5.41) is 10.3. The van der Waals surface area contributed by atoms with Crippen molar-refractivity contribution < 1.29 is 14.3 Å². The van der Waals surface area contributed by atoms with Gasteiger partial charge in [-0.3, -0.25) is 15.0 Å². The van der Waals surface area contributed by atoms with Gasteiger partial charge in [-0.2, -0.15) is 0 Å². The molecule has 0 bridgehead atoms. The number of hydrogen-bond donors (Lipinski definition) is 3. The lowest BCUT2D eigenvalue weighted by atomic mass is 9.71. The van der Waals surface area contributed by atoms with Gasteiger partial charge in [-0.1, -0.05) is 0 Å². The maximum absolute atomic E-state index is 12.4. The van der Waals surface area contributed by atoms with Gasteiger partial charge in [0, 0.05) is 45.8 Å². The van der Waals surface area contributed by atoms with E-state index in [0.717, 1.165) is 77.9 Å². The number of ether oxygens (including phenoxy) is 1. The molecule has 3 aliphatic heterocycles. The van der Waals surface area contributed by atoms with Gasteiger partial charge in [-0.15, -0.1) is 0 Å². The van der Waals surface area contributed by atoms with Crippen molar-refractivity contribution >= 4 is 12.5 Å². The normalized spacial score (nSPS) is 30.0. The van der Waals surface area contributed by atoms with Crippen molar-refractivity contribution in [3.05, 3.63) is 0 Å². The molecule has 0 aromatic carbocycles. The van der Waals surface area contributed by atoms with E-state index < -0.39 is 5.60 Å². The molecule has 8 heteroatoms. The monoisotopic (exact) mass is 409 g/mol. The lowest BCUT2D eigenvalue weighted by Gasteiger charge is -2.56. The number of rotatable bonds is 5. The predicted octanol–water partition coefficient (Wildman–Crippen LogP) is 0.981. The second-order valence-electron chi connectivity index (χ2n) is 9.64. The summed E-state index contributed by atoms with van der Waals surface area (Å²) in [6, 6.07) is 0. The Kier molecular flexibility index (Phi) is 7.40. The Morgan fingerprint density at radius 2 is 1.83 bits per heavy atom. The van der Waals surface area contributed by atoms with Crippen molar-refractivity contribution in [2.45, 2.75) is 57.7 Å². The molecule has 166 valence electrons. The highest BCUT2D eigenvalue weighted by Crippen LogP contribution is 2.40. The molecule has 8 nitrogen and oxygen atoms in total. The number of carbonyl (C=O) groups is 2. The summed E-state index contributed by atoms with van der Waals surface area (Å²) in [6.07, 6.45) is 4.91. The first kappa shape index (κ1) is 22.3. The van der Waals surface area contributed by atoms with E-state index in [4.69, 9.17) is 4.74 Å². The van der Waals surface area contributed by atoms with Crippen LogP contribution < -0.4 is 16.0 Å². The lowest BCUT2D eigenvalue weighted by Crippen LogP contribution is -2.73. The summed E-state index contributed by atoms with van der Waals surface area (Å²) in [7, 11) is 0. The first-order valence-electron chi connectivity index (χ1n) is 11.2. The molecule has 0 aliphatic carbocycles. The Bertz CT molecular complexity index is 553. The third-order valence-corrected chi connectivity index (χ3v) is 6.63. The highest BCUT2D eigenvalue weighted by atomic mass is 16.6. The van der Waals surface area contributed by atoms with Crippen molar-refractivity contribution in [1.29, 1.82) is 0 Å². The number of hydrogen-bond acceptors (Lipinski definition) is 6. The van der Waals surface area contributed by atoms with Crippen LogP contribution in [0.5, 0.6) is 0 Å². The number of nitrogens with one attached hydrogen (secondary N) is 3. The molecule has 2 unspecified atom stereocenters. The maximum atomic E-state index is 12.4. The molecule has 3 fully saturated rings. The van der Waals surface area contributed by atoms with Crippen LogP contribution in [0.1, 0.15) is 46.5 Å². The Hall–Kier alpha value is -1.38. The fraction of sp³-hybridized carbons (Fsp3) is 0.905. The topological polar surface area (TPSA) is 85.9 Å². The molecular formula is C21H39N5O3. The van der Waals surface area contributed by atoms with Crippen LogP contribution in [0.3, 0.4) is 0 Å². The van der Waals surface area contributed by atoms with Gasteiger partial charge in [0.15, 0.2) is 0 Å². The van der Waals surface area contributed by atoms with Crippen LogP contribution >= 0.6 is 0 Å². The number of amides is 2. The molecule has 0 spiro atoms. The Balaban J connectivity index is 1.69. The first-order chi connectivity index (χ1) is 13.9. The number of likely N-dealkylation sites (tertiary alicyclic amines) is 1. The second-order valence-corrected chi connectivity index (χ2v) is 9.64. The Labute approximate surface area is 175 Å². The highest BCUT2D eigenvalue weighted by Gasteiger charge is 2.49. The van der Waals surface area contributed by atoms with E-state index in [0.29, 0.717) is 18.4 Å². The van der Waals surface area contributed by atoms with Gasteiger partial charge in [-0.05, 0) is 64.8 Å². The van der Waals surface area contributed by atoms with Crippen molar-refractivity contribution in [1.82, 2.24) is 25.8 Å². The molecule has 2 amide bonds. The zero-order valence-corrected chi connectivity index (χ0v) is 18.3. The summed E-state index contributed by atoms with van der Waals surface area (Å²) in [4.78, 5) is 28.0. The van der Waals surface area contributed by atoms with Gasteiger partial charge < -0.3 is 20.3 Å². The number of piperidine rings is 2. The van der Waals surface area contributed by atoms with E-state index in [1.165, 1.54) is 0 Å². The number of piperazine rings is 1. The van der Waals surface area contributed by atoms with Crippen molar-refractivity contribution in [2.75, 3.05) is 52.4 Å². The standard InChI is InChI=1S/C21H39N5O3/c1-20(2,3)29-19(28)25-11-6-17(7-12-25)18-5-4-8-24-21(18,15-23-16-27)26-13-9-22-10-14-26/h16-18,22,24H,4-15H2,1-3H3,(H,23,27). The SMILES string of the molecule is CC(C)(C)OC(=O)N1CCC(C2CCCNC2(CNC=O)N2CCNCC2)CC1. The van der Waals surface area contributed by atoms with Crippen LogP contribution in [0.2, 0.25) is 0 Å². The van der Waals surface area contributed by atoms with E-state index in [-0.39, 0.29) is 11.8 Å². The molecule has 3 rings (SSSR count). The summed E-state index contributed by atoms with van der Waals surface area (Å²) in [5.41, 5.74) is -0.654. The molecule has 0 aromatic heterocycles. The highest BCUT2D eigenvalue weighted by molar-refractivity contribution is 5.68. The summed E-state index contributed by atoms with van der Waals surface area (Å²) >= 11 is 0. The molecular weight excluding hydrogens is 370 g/mol. The summed E-state index contributed by atoms with van der Waals surface area (Å²) < 4.78 is 5.56. The van der Waals surface area contributed by atoms with Crippen LogP contribution in [0.15, 0.2) is 0 Å². The largest absolute Gasteiger partial charge is 0.444 e. The van der Waals surface area contributed by atoms with Crippen molar-refractivity contribution in [3.8, 4) is 0 Å². The van der Waals surface area contributed by atoms with E-state index >= 15 is 0 Å². The summed E-state index contributed by atoms with van der Waals surface area (Å²) in [6.45, 7) is 12.8. The molecule has 3 heterocycles. The van der Waals surface area contributed by atoms with Gasteiger partial charge in [0.2, 0.25) is 6.41 Å². The zero-order valence-electron chi connectivity index (χ0n) is 18.3. The average molecular weight is 410 g/mol. The molecule has 3 saturated heterocycles. The maximum Gasteiger partial charge on any atom is 0.410 e. The quantitative estimate of drug-likeness (QED) is 0.587. The van der Waals surface area contributed by atoms with Crippen LogP contribution in [0.25, 0.3) is 0 Å². The first-order valence-corrected chi connectivity index (χ1v) is 11.2. The minimum atomic E-state index is -0.459. The number of carbonyl (C=O) groups excluding carboxylic acids is 2. The molecule has 29 heavy (non-hydrogen) atoms. The third-order valence-electron chi connectivity index (χ3n) is 6.63. The molecule has 0 aromatic rings. The van der Waals surface area contributed by atoms with Crippen LogP contribution in [-0.4, -0.2) is 85.9 Å². The van der Waals surface area contributed by atoms with Gasteiger partial charge in [0.1, 0.15) is 5.60 Å². The fourth-order valence-corrected chi connectivity index (χ4v) is 5.35. The zero-order chi connectivity index (χ0) is 20.9. The summed E-state index contributed by atoms with van der Waals surface area (Å²) in [5.74, 6) is 0.993. The average Bonchev–Trinajstić information content (AvgIpc) is 2.72. The molecule has 3 N–H and O–H groups in total. The molecule has 2 atom stereocenters. The predicted molar refractivity (Wildman–Crippen MR) is 112 cm³/mol. The smallest absolute Gasteiger partial charge is 0.410 e. The van der Waals surface area contributed by atoms with E-state index in [9.17, 15) is 9.59 Å². The molecule has 0 saturated carbocycles. The van der Waals surface area contributed by atoms with E-state index in [1.807, 2.05) is 25.7 Å². The van der Waals surface area contributed by atoms with Crippen LogP contribution in [0, 0.1) is 11.8 Å². The van der Waals surface area contributed by atoms with Crippen molar-refractivity contribution in [3.63, 3.8) is 0 Å². The Morgan fingerprint density at radius 3 is 2.45 bits per heavy atom. The second kappa shape index (κ2) is 9.62. The Morgan fingerprint density at radius 1 is 1.14 bits per heavy atom. The molecule has 3 aliphatic rings. The third kappa shape index (κ3) is 5.41. The fourth-order valence-electron chi connectivity index (χ4n) is 5.35. The van der Waals surface area contributed by atoms with Gasteiger partial charge in [0.05, 0.1) is 5.66 Å². The van der Waals surface area contributed by atoms with Gasteiger partial charge >= 0.3 is 6.09 Å². The van der Waals surface area contributed by atoms with E-state index in [1.54, 1.807) is 0 Å². The van der Waals surface area contributed by atoms with E-state index in [2.05, 4.69) is 20.9 Å². The van der Waals surface area contributed by atoms with Gasteiger partial charge in [0.25, 0.3) is 0 Å². The van der Waals surface area contributed by atoms with Crippen LogP contribution in [-0.2, 0) is 9.53 Å².